The van der Waals surface area contributed by atoms with Crippen LogP contribution in [0.15, 0.2) is 28.9 Å². The molecule has 1 aromatic rings. The quantitative estimate of drug-likeness (QED) is 0.626. The van der Waals surface area contributed by atoms with Gasteiger partial charge >= 0.3 is 5.97 Å². The zero-order chi connectivity index (χ0) is 12.4. The zero-order valence-corrected chi connectivity index (χ0v) is 10.3. The second-order valence-corrected chi connectivity index (χ2v) is 5.12. The standard InChI is InChI=1S/C14H17NO3/c16-14(4-3-12-2-1-9-17-12)18-13-10-15-7-5-11(13)6-8-15/h1-4,9,11,13H,5-8,10H2/p+1/b4-3+/t13-/m1/s1. The molecule has 3 saturated heterocycles. The molecule has 4 nitrogen and oxygen atoms in total. The fourth-order valence-electron chi connectivity index (χ4n) is 2.94. The Hall–Kier alpha value is -1.55. The molecule has 2 bridgehead atoms. The molecule has 3 fully saturated rings. The number of hydrogen-bond acceptors (Lipinski definition) is 3. The number of nitrogens with one attached hydrogen (secondary N) is 1. The molecule has 3 aliphatic rings. The Kier molecular flexibility index (Phi) is 3.19. The SMILES string of the molecule is O=C(/C=C/c1ccco1)O[C@@H]1C[NH+]2CCC1CC2. The number of carbonyl (C=O) groups excluding carboxylic acids is 1. The van der Waals surface area contributed by atoms with E-state index in [2.05, 4.69) is 0 Å². The van der Waals surface area contributed by atoms with Crippen molar-refractivity contribution in [3.63, 3.8) is 0 Å². The van der Waals surface area contributed by atoms with Crippen LogP contribution in [0.25, 0.3) is 6.08 Å². The van der Waals surface area contributed by atoms with Crippen molar-refractivity contribution >= 4 is 12.0 Å². The second kappa shape index (κ2) is 4.98. The number of quaternary nitrogens is 1. The Balaban J connectivity index is 1.55. The molecule has 0 radical (unpaired) electrons. The molecule has 1 aromatic heterocycles. The maximum Gasteiger partial charge on any atom is 0.331 e. The number of ether oxygens (including phenoxy) is 1. The van der Waals surface area contributed by atoms with Crippen molar-refractivity contribution in [2.24, 2.45) is 5.92 Å². The first-order chi connectivity index (χ1) is 8.81. The van der Waals surface area contributed by atoms with E-state index in [4.69, 9.17) is 9.15 Å². The molecule has 18 heavy (non-hydrogen) atoms. The molecule has 1 atom stereocenters. The molecule has 1 N–H and O–H groups in total. The van der Waals surface area contributed by atoms with Gasteiger partial charge in [-0.25, -0.2) is 4.79 Å². The Labute approximate surface area is 106 Å². The smallest absolute Gasteiger partial charge is 0.331 e. The molecule has 4 heteroatoms. The molecule has 96 valence electrons. The maximum absolute atomic E-state index is 11.7. The van der Waals surface area contributed by atoms with Gasteiger partial charge in [0, 0.05) is 24.8 Å². The van der Waals surface area contributed by atoms with Gasteiger partial charge in [0.25, 0.3) is 0 Å². The van der Waals surface area contributed by atoms with Gasteiger partial charge in [0.15, 0.2) is 6.10 Å². The van der Waals surface area contributed by atoms with Gasteiger partial charge in [0.05, 0.1) is 19.4 Å². The van der Waals surface area contributed by atoms with Crippen molar-refractivity contribution in [1.82, 2.24) is 0 Å². The van der Waals surface area contributed by atoms with Crippen LogP contribution >= 0.6 is 0 Å². The first-order valence-electron chi connectivity index (χ1n) is 6.57. The van der Waals surface area contributed by atoms with Gasteiger partial charge < -0.3 is 14.1 Å². The normalized spacial score (nSPS) is 30.8. The first kappa shape index (κ1) is 11.5. The lowest BCUT2D eigenvalue weighted by Crippen LogP contribution is -3.16. The summed E-state index contributed by atoms with van der Waals surface area (Å²) in [6.45, 7) is 3.45. The van der Waals surface area contributed by atoms with E-state index in [0.29, 0.717) is 11.7 Å². The Morgan fingerprint density at radius 2 is 2.28 bits per heavy atom. The number of furan rings is 1. The van der Waals surface area contributed by atoms with E-state index >= 15 is 0 Å². The molecular formula is C14H18NO3+. The van der Waals surface area contributed by atoms with Crippen LogP contribution in [0.2, 0.25) is 0 Å². The van der Waals surface area contributed by atoms with Crippen LogP contribution in [0.4, 0.5) is 0 Å². The summed E-state index contributed by atoms with van der Waals surface area (Å²) in [5, 5.41) is 0. The third-order valence-electron chi connectivity index (χ3n) is 3.95. The Morgan fingerprint density at radius 3 is 2.89 bits per heavy atom. The number of fused-ring (bicyclic) bond motifs is 3. The van der Waals surface area contributed by atoms with Gasteiger partial charge in [-0.05, 0) is 18.2 Å². The highest BCUT2D eigenvalue weighted by Crippen LogP contribution is 2.21. The summed E-state index contributed by atoms with van der Waals surface area (Å²) >= 11 is 0. The number of carbonyl (C=O) groups is 1. The molecule has 3 aliphatic heterocycles. The van der Waals surface area contributed by atoms with Gasteiger partial charge in [-0.15, -0.1) is 0 Å². The van der Waals surface area contributed by atoms with Gasteiger partial charge in [-0.1, -0.05) is 0 Å². The van der Waals surface area contributed by atoms with Crippen LogP contribution in [0, 0.1) is 5.92 Å². The van der Waals surface area contributed by atoms with Crippen molar-refractivity contribution in [2.75, 3.05) is 19.6 Å². The largest absolute Gasteiger partial charge is 0.465 e. The summed E-state index contributed by atoms with van der Waals surface area (Å²) in [5.74, 6) is 0.986. The molecule has 0 aromatic carbocycles. The number of hydrogen-bond donors (Lipinski definition) is 1. The molecule has 0 amide bonds. The number of piperidine rings is 3. The highest BCUT2D eigenvalue weighted by Gasteiger charge is 2.39. The molecule has 4 heterocycles. The van der Waals surface area contributed by atoms with Crippen molar-refractivity contribution in [3.8, 4) is 0 Å². The minimum Gasteiger partial charge on any atom is -0.465 e. The lowest BCUT2D eigenvalue weighted by Gasteiger charge is -2.40. The maximum atomic E-state index is 11.7. The molecule has 0 aliphatic carbocycles. The summed E-state index contributed by atoms with van der Waals surface area (Å²) in [7, 11) is 0. The van der Waals surface area contributed by atoms with E-state index in [0.717, 1.165) is 6.54 Å². The van der Waals surface area contributed by atoms with Crippen LogP contribution in [-0.4, -0.2) is 31.7 Å². The van der Waals surface area contributed by atoms with Crippen LogP contribution in [0.1, 0.15) is 18.6 Å². The van der Waals surface area contributed by atoms with Crippen LogP contribution in [-0.2, 0) is 9.53 Å². The molecule has 0 saturated carbocycles. The van der Waals surface area contributed by atoms with Gasteiger partial charge in [-0.3, -0.25) is 0 Å². The number of rotatable bonds is 3. The molecule has 0 unspecified atom stereocenters. The predicted molar refractivity (Wildman–Crippen MR) is 65.9 cm³/mol. The Bertz CT molecular complexity index is 430. The third-order valence-corrected chi connectivity index (χ3v) is 3.95. The minimum atomic E-state index is -0.260. The summed E-state index contributed by atoms with van der Waals surface area (Å²) < 4.78 is 10.7. The van der Waals surface area contributed by atoms with Gasteiger partial charge in [0.1, 0.15) is 12.3 Å². The summed E-state index contributed by atoms with van der Waals surface area (Å²) in [5.41, 5.74) is 0. The summed E-state index contributed by atoms with van der Waals surface area (Å²) in [6.07, 6.45) is 7.17. The fourth-order valence-corrected chi connectivity index (χ4v) is 2.94. The van der Waals surface area contributed by atoms with E-state index in [1.54, 1.807) is 23.3 Å². The predicted octanol–water partition coefficient (Wildman–Crippen LogP) is 0.513. The number of esters is 1. The van der Waals surface area contributed by atoms with E-state index in [1.807, 2.05) is 6.07 Å². The minimum absolute atomic E-state index is 0.108. The average Bonchev–Trinajstić information content (AvgIpc) is 2.91. The van der Waals surface area contributed by atoms with Crippen molar-refractivity contribution in [1.29, 1.82) is 0 Å². The highest BCUT2D eigenvalue weighted by atomic mass is 16.5. The summed E-state index contributed by atoms with van der Waals surface area (Å²) in [4.78, 5) is 13.3. The van der Waals surface area contributed by atoms with Crippen molar-refractivity contribution in [3.05, 3.63) is 30.2 Å². The van der Waals surface area contributed by atoms with Crippen LogP contribution in [0.3, 0.4) is 0 Å². The average molecular weight is 248 g/mol. The van der Waals surface area contributed by atoms with Crippen molar-refractivity contribution < 1.29 is 18.8 Å². The topological polar surface area (TPSA) is 43.9 Å². The lowest BCUT2D eigenvalue weighted by molar-refractivity contribution is -0.920. The van der Waals surface area contributed by atoms with Crippen LogP contribution in [0.5, 0.6) is 0 Å². The monoisotopic (exact) mass is 248 g/mol. The third kappa shape index (κ3) is 2.48. The van der Waals surface area contributed by atoms with E-state index in [1.165, 1.54) is 32.0 Å². The van der Waals surface area contributed by atoms with E-state index in [9.17, 15) is 4.79 Å². The molecule has 4 rings (SSSR count). The van der Waals surface area contributed by atoms with E-state index in [-0.39, 0.29) is 12.1 Å². The van der Waals surface area contributed by atoms with E-state index < -0.39 is 0 Å². The van der Waals surface area contributed by atoms with Crippen molar-refractivity contribution in [2.45, 2.75) is 18.9 Å². The second-order valence-electron chi connectivity index (χ2n) is 5.12. The molecule has 0 spiro atoms. The summed E-state index contributed by atoms with van der Waals surface area (Å²) in [6, 6.07) is 3.60. The highest BCUT2D eigenvalue weighted by molar-refractivity contribution is 5.86. The fraction of sp³-hybridized carbons (Fsp3) is 0.500. The van der Waals surface area contributed by atoms with Gasteiger partial charge in [0.2, 0.25) is 0 Å². The first-order valence-corrected chi connectivity index (χ1v) is 6.57. The lowest BCUT2D eigenvalue weighted by atomic mass is 9.86. The van der Waals surface area contributed by atoms with Crippen LogP contribution < -0.4 is 4.90 Å². The zero-order valence-electron chi connectivity index (χ0n) is 10.3. The molecular weight excluding hydrogens is 230 g/mol. The van der Waals surface area contributed by atoms with Gasteiger partial charge in [-0.2, -0.15) is 0 Å². The Morgan fingerprint density at radius 1 is 1.44 bits per heavy atom.